The maximum Gasteiger partial charge on any atom is 0.0926 e. The lowest BCUT2D eigenvalue weighted by Gasteiger charge is -2.30. The first-order valence-corrected chi connectivity index (χ1v) is 10.0. The summed E-state index contributed by atoms with van der Waals surface area (Å²) in [7, 11) is 0. The molecule has 1 aliphatic rings. The van der Waals surface area contributed by atoms with Gasteiger partial charge in [0.25, 0.3) is 0 Å². The van der Waals surface area contributed by atoms with Crippen LogP contribution in [0, 0.1) is 0 Å². The molecule has 136 valence electrons. The fraction of sp³-hybridized carbons (Fsp3) is 0.900. The van der Waals surface area contributed by atoms with Crippen molar-refractivity contribution in [3.8, 4) is 0 Å². The van der Waals surface area contributed by atoms with Crippen molar-refractivity contribution in [1.82, 2.24) is 5.32 Å². The third kappa shape index (κ3) is 9.49. The fourth-order valence-corrected chi connectivity index (χ4v) is 3.40. The second-order valence-corrected chi connectivity index (χ2v) is 7.04. The van der Waals surface area contributed by atoms with E-state index in [-0.39, 0.29) is 12.6 Å². The molecule has 0 spiro atoms. The Labute approximate surface area is 143 Å². The standard InChI is InChI=1S/C20H39NO2/c1-2-3-4-5-6-7-8-9-10-11-12-13-14-18-15-16-21-19(17-22)20(18)23/h14,19-23H,2-13,15-17H2,1H3/b18-14-/t19-,20+/m0/s1. The number of unbranched alkanes of at least 4 members (excludes halogenated alkanes) is 11. The molecule has 3 N–H and O–H groups in total. The zero-order valence-corrected chi connectivity index (χ0v) is 15.2. The fourth-order valence-electron chi connectivity index (χ4n) is 3.40. The molecule has 23 heavy (non-hydrogen) atoms. The summed E-state index contributed by atoms with van der Waals surface area (Å²) < 4.78 is 0. The van der Waals surface area contributed by atoms with Crippen LogP contribution >= 0.6 is 0 Å². The van der Waals surface area contributed by atoms with Crippen LogP contribution in [0.1, 0.15) is 90.4 Å². The molecule has 0 aliphatic carbocycles. The number of hydrogen-bond acceptors (Lipinski definition) is 3. The topological polar surface area (TPSA) is 52.5 Å². The van der Waals surface area contributed by atoms with E-state index in [1.54, 1.807) is 0 Å². The summed E-state index contributed by atoms with van der Waals surface area (Å²) in [4.78, 5) is 0. The number of nitrogens with one attached hydrogen (secondary N) is 1. The number of hydrogen-bond donors (Lipinski definition) is 3. The second-order valence-electron chi connectivity index (χ2n) is 7.04. The van der Waals surface area contributed by atoms with Crippen LogP contribution in [0.25, 0.3) is 0 Å². The van der Waals surface area contributed by atoms with Gasteiger partial charge < -0.3 is 15.5 Å². The lowest BCUT2D eigenvalue weighted by molar-refractivity contribution is 0.100. The SMILES string of the molecule is CCCCCCCCCCCCC/C=C1/CCN[C@@H](CO)[C@@H]1O. The van der Waals surface area contributed by atoms with E-state index < -0.39 is 6.10 Å². The smallest absolute Gasteiger partial charge is 0.0926 e. The van der Waals surface area contributed by atoms with E-state index in [0.717, 1.165) is 25.0 Å². The van der Waals surface area contributed by atoms with Gasteiger partial charge in [0.2, 0.25) is 0 Å². The maximum absolute atomic E-state index is 10.1. The number of aliphatic hydroxyl groups excluding tert-OH is 2. The minimum Gasteiger partial charge on any atom is -0.395 e. The zero-order valence-electron chi connectivity index (χ0n) is 15.2. The minimum atomic E-state index is -0.499. The molecule has 0 unspecified atom stereocenters. The van der Waals surface area contributed by atoms with Gasteiger partial charge in [0.05, 0.1) is 18.8 Å². The zero-order chi connectivity index (χ0) is 16.8. The first kappa shape index (κ1) is 20.7. The van der Waals surface area contributed by atoms with Crippen LogP contribution in [0.2, 0.25) is 0 Å². The molecule has 0 aromatic carbocycles. The van der Waals surface area contributed by atoms with Crippen LogP contribution in [0.15, 0.2) is 11.6 Å². The molecule has 1 rings (SSSR count). The monoisotopic (exact) mass is 325 g/mol. The van der Waals surface area contributed by atoms with Crippen LogP contribution < -0.4 is 5.32 Å². The molecule has 0 radical (unpaired) electrons. The molecule has 0 aromatic heterocycles. The van der Waals surface area contributed by atoms with E-state index in [2.05, 4.69) is 18.3 Å². The third-order valence-electron chi connectivity index (χ3n) is 4.99. The average molecular weight is 326 g/mol. The molecule has 0 saturated carbocycles. The summed E-state index contributed by atoms with van der Waals surface area (Å²) >= 11 is 0. The Bertz CT molecular complexity index is 304. The Hall–Kier alpha value is -0.380. The lowest BCUT2D eigenvalue weighted by Crippen LogP contribution is -2.48. The molecule has 3 nitrogen and oxygen atoms in total. The summed E-state index contributed by atoms with van der Waals surface area (Å²) in [6, 6.07) is -0.174. The highest BCUT2D eigenvalue weighted by atomic mass is 16.3. The van der Waals surface area contributed by atoms with Crippen molar-refractivity contribution in [2.24, 2.45) is 0 Å². The molecule has 1 aliphatic heterocycles. The Morgan fingerprint density at radius 2 is 1.52 bits per heavy atom. The quantitative estimate of drug-likeness (QED) is 0.349. The summed E-state index contributed by atoms with van der Waals surface area (Å²) in [6.07, 6.45) is 18.8. The van der Waals surface area contributed by atoms with Gasteiger partial charge in [0.1, 0.15) is 0 Å². The Morgan fingerprint density at radius 3 is 2.09 bits per heavy atom. The first-order chi connectivity index (χ1) is 11.3. The van der Waals surface area contributed by atoms with Crippen molar-refractivity contribution < 1.29 is 10.2 Å². The summed E-state index contributed by atoms with van der Waals surface area (Å²) in [6.45, 7) is 3.15. The molecular formula is C20H39NO2. The molecule has 0 bridgehead atoms. The van der Waals surface area contributed by atoms with Crippen LogP contribution in [0.5, 0.6) is 0 Å². The summed E-state index contributed by atoms with van der Waals surface area (Å²) in [5, 5.41) is 22.5. The second kappa shape index (κ2) is 14.0. The van der Waals surface area contributed by atoms with Crippen molar-refractivity contribution in [3.63, 3.8) is 0 Å². The molecule has 1 saturated heterocycles. The van der Waals surface area contributed by atoms with Gasteiger partial charge in [0, 0.05) is 0 Å². The number of aliphatic hydroxyl groups is 2. The van der Waals surface area contributed by atoms with Crippen molar-refractivity contribution in [2.75, 3.05) is 13.2 Å². The largest absolute Gasteiger partial charge is 0.395 e. The van der Waals surface area contributed by atoms with Crippen molar-refractivity contribution in [2.45, 2.75) is 103 Å². The van der Waals surface area contributed by atoms with Crippen LogP contribution in [0.4, 0.5) is 0 Å². The summed E-state index contributed by atoms with van der Waals surface area (Å²) in [5.41, 5.74) is 1.12. The predicted octanol–water partition coefficient (Wildman–Crippen LogP) is 4.33. The lowest BCUT2D eigenvalue weighted by atomic mass is 9.94. The van der Waals surface area contributed by atoms with E-state index in [0.29, 0.717) is 0 Å². The van der Waals surface area contributed by atoms with Gasteiger partial charge in [-0.25, -0.2) is 0 Å². The van der Waals surface area contributed by atoms with Gasteiger partial charge in [-0.05, 0) is 31.4 Å². The third-order valence-corrected chi connectivity index (χ3v) is 4.99. The van der Waals surface area contributed by atoms with Gasteiger partial charge >= 0.3 is 0 Å². The molecule has 1 heterocycles. The summed E-state index contributed by atoms with van der Waals surface area (Å²) in [5.74, 6) is 0. The van der Waals surface area contributed by atoms with Crippen molar-refractivity contribution in [3.05, 3.63) is 11.6 Å². The number of rotatable bonds is 13. The van der Waals surface area contributed by atoms with Gasteiger partial charge in [-0.15, -0.1) is 0 Å². The predicted molar refractivity (Wildman–Crippen MR) is 98.7 cm³/mol. The average Bonchev–Trinajstić information content (AvgIpc) is 2.57. The van der Waals surface area contributed by atoms with E-state index >= 15 is 0 Å². The highest BCUT2D eigenvalue weighted by Crippen LogP contribution is 2.18. The Morgan fingerprint density at radius 1 is 0.957 bits per heavy atom. The maximum atomic E-state index is 10.1. The van der Waals surface area contributed by atoms with E-state index in [4.69, 9.17) is 0 Å². The van der Waals surface area contributed by atoms with Gasteiger partial charge in [-0.3, -0.25) is 0 Å². The Balaban J connectivity index is 1.94. The first-order valence-electron chi connectivity index (χ1n) is 10.0. The molecule has 3 heteroatoms. The highest BCUT2D eigenvalue weighted by molar-refractivity contribution is 5.14. The van der Waals surface area contributed by atoms with Crippen LogP contribution in [-0.2, 0) is 0 Å². The van der Waals surface area contributed by atoms with Crippen molar-refractivity contribution in [1.29, 1.82) is 0 Å². The molecule has 2 atom stereocenters. The van der Waals surface area contributed by atoms with Gasteiger partial charge in [-0.2, -0.15) is 0 Å². The highest BCUT2D eigenvalue weighted by Gasteiger charge is 2.25. The molecule has 0 amide bonds. The molecule has 1 fully saturated rings. The van der Waals surface area contributed by atoms with Crippen molar-refractivity contribution >= 4 is 0 Å². The van der Waals surface area contributed by atoms with Gasteiger partial charge in [0.15, 0.2) is 0 Å². The van der Waals surface area contributed by atoms with Crippen LogP contribution in [-0.4, -0.2) is 35.5 Å². The van der Waals surface area contributed by atoms with E-state index in [9.17, 15) is 10.2 Å². The normalized spacial score (nSPS) is 23.5. The Kier molecular flexibility index (Phi) is 12.6. The van der Waals surface area contributed by atoms with E-state index in [1.165, 1.54) is 70.6 Å². The van der Waals surface area contributed by atoms with Gasteiger partial charge in [-0.1, -0.05) is 77.2 Å². The number of allylic oxidation sites excluding steroid dienone is 1. The van der Waals surface area contributed by atoms with Crippen LogP contribution in [0.3, 0.4) is 0 Å². The minimum absolute atomic E-state index is 0.0109. The molecular weight excluding hydrogens is 286 g/mol. The number of piperidine rings is 1. The molecule has 0 aromatic rings. The van der Waals surface area contributed by atoms with E-state index in [1.807, 2.05) is 0 Å².